The van der Waals surface area contributed by atoms with Crippen LogP contribution in [0.3, 0.4) is 0 Å². The zero-order valence-corrected chi connectivity index (χ0v) is 10.1. The number of anilines is 1. The van der Waals surface area contributed by atoms with Crippen LogP contribution in [0.25, 0.3) is 0 Å². The molecule has 1 fully saturated rings. The van der Waals surface area contributed by atoms with Gasteiger partial charge >= 0.3 is 0 Å². The van der Waals surface area contributed by atoms with Crippen molar-refractivity contribution in [1.82, 2.24) is 9.88 Å². The summed E-state index contributed by atoms with van der Waals surface area (Å²) in [4.78, 5) is 6.42. The molecule has 16 heavy (non-hydrogen) atoms. The highest BCUT2D eigenvalue weighted by Gasteiger charge is 2.14. The molecule has 1 saturated heterocycles. The Labute approximate surface area is 98.3 Å². The Kier molecular flexibility index (Phi) is 3.90. The summed E-state index contributed by atoms with van der Waals surface area (Å²) in [5, 5.41) is 0.529. The first kappa shape index (κ1) is 11.5. The number of hydrogen-bond acceptors (Lipinski definition) is 4. The van der Waals surface area contributed by atoms with Crippen LogP contribution in [-0.4, -0.2) is 39.5 Å². The molecule has 0 bridgehead atoms. The van der Waals surface area contributed by atoms with Gasteiger partial charge in [-0.1, -0.05) is 0 Å². The van der Waals surface area contributed by atoms with Gasteiger partial charge in [-0.15, -0.1) is 0 Å². The van der Waals surface area contributed by atoms with Gasteiger partial charge in [-0.2, -0.15) is 0 Å². The molecule has 0 amide bonds. The fraction of sp³-hybridized carbons (Fsp3) is 0.545. The summed E-state index contributed by atoms with van der Waals surface area (Å²) < 4.78 is 12.0. The molecule has 88 valence electrons. The van der Waals surface area contributed by atoms with E-state index in [9.17, 15) is 4.21 Å². The molecule has 2 heterocycles. The Hall–Kier alpha value is -0.940. The maximum atomic E-state index is 12.0. The maximum absolute atomic E-state index is 12.0. The summed E-state index contributed by atoms with van der Waals surface area (Å²) in [5.41, 5.74) is 6.27. The van der Waals surface area contributed by atoms with Gasteiger partial charge in [0.2, 0.25) is 0 Å². The van der Waals surface area contributed by atoms with E-state index in [4.69, 9.17) is 5.73 Å². The molecule has 0 saturated carbocycles. The molecule has 4 nitrogen and oxygen atoms in total. The second kappa shape index (κ2) is 5.41. The molecule has 1 atom stereocenters. The number of nitrogens with zero attached hydrogens (tertiary/aromatic N) is 2. The Morgan fingerprint density at radius 1 is 1.44 bits per heavy atom. The van der Waals surface area contributed by atoms with E-state index in [0.717, 1.165) is 19.6 Å². The standard InChI is InChI=1S/C11H17N3OS/c12-10-4-3-5-13-11(10)16(15)9-8-14-6-1-2-7-14/h3-5H,1-2,6-9,12H2. The van der Waals surface area contributed by atoms with Crippen molar-refractivity contribution < 1.29 is 4.21 Å². The second-order valence-corrected chi connectivity index (χ2v) is 5.48. The van der Waals surface area contributed by atoms with Crippen molar-refractivity contribution in [2.75, 3.05) is 31.1 Å². The first-order valence-electron chi connectivity index (χ1n) is 5.58. The van der Waals surface area contributed by atoms with Crippen LogP contribution in [0.2, 0.25) is 0 Å². The van der Waals surface area contributed by atoms with Crippen LogP contribution in [-0.2, 0) is 10.8 Å². The lowest BCUT2D eigenvalue weighted by atomic mass is 10.4. The molecule has 1 aromatic rings. The van der Waals surface area contributed by atoms with Gasteiger partial charge in [-0.3, -0.25) is 4.21 Å². The van der Waals surface area contributed by atoms with Crippen molar-refractivity contribution >= 4 is 16.5 Å². The lowest BCUT2D eigenvalue weighted by Crippen LogP contribution is -2.25. The summed E-state index contributed by atoms with van der Waals surface area (Å²) in [6.07, 6.45) is 4.16. The molecule has 1 aliphatic rings. The second-order valence-electron chi connectivity index (χ2n) is 4.00. The lowest BCUT2D eigenvalue weighted by Gasteiger charge is -2.13. The minimum Gasteiger partial charge on any atom is -0.396 e. The third kappa shape index (κ3) is 2.80. The quantitative estimate of drug-likeness (QED) is 0.847. The number of nitrogen functional groups attached to an aromatic ring is 1. The van der Waals surface area contributed by atoms with Crippen LogP contribution in [0.15, 0.2) is 23.4 Å². The number of pyridine rings is 1. The van der Waals surface area contributed by atoms with Gasteiger partial charge in [0.05, 0.1) is 16.5 Å². The van der Waals surface area contributed by atoms with E-state index < -0.39 is 10.8 Å². The molecule has 1 aromatic heterocycles. The zero-order valence-electron chi connectivity index (χ0n) is 9.26. The van der Waals surface area contributed by atoms with Crippen molar-refractivity contribution in [2.24, 2.45) is 0 Å². The fourth-order valence-electron chi connectivity index (χ4n) is 1.91. The number of hydrogen-bond donors (Lipinski definition) is 1. The molecule has 1 aliphatic heterocycles. The largest absolute Gasteiger partial charge is 0.396 e. The molecule has 2 N–H and O–H groups in total. The molecule has 5 heteroatoms. The minimum absolute atomic E-state index is 0.529. The van der Waals surface area contributed by atoms with Gasteiger partial charge in [0, 0.05) is 18.5 Å². The minimum atomic E-state index is -1.07. The zero-order chi connectivity index (χ0) is 11.4. The highest BCUT2D eigenvalue weighted by atomic mass is 32.2. The lowest BCUT2D eigenvalue weighted by molar-refractivity contribution is 0.360. The average Bonchev–Trinajstić information content (AvgIpc) is 2.79. The van der Waals surface area contributed by atoms with Crippen molar-refractivity contribution in [3.8, 4) is 0 Å². The topological polar surface area (TPSA) is 59.2 Å². The Morgan fingerprint density at radius 3 is 2.88 bits per heavy atom. The van der Waals surface area contributed by atoms with Crippen LogP contribution in [0, 0.1) is 0 Å². The Balaban J connectivity index is 1.90. The highest BCUT2D eigenvalue weighted by molar-refractivity contribution is 7.85. The average molecular weight is 239 g/mol. The maximum Gasteiger partial charge on any atom is 0.150 e. The van der Waals surface area contributed by atoms with Gasteiger partial charge < -0.3 is 10.6 Å². The summed E-state index contributed by atoms with van der Waals surface area (Å²) in [7, 11) is -1.07. The number of rotatable bonds is 4. The third-order valence-corrected chi connectivity index (χ3v) is 4.13. The van der Waals surface area contributed by atoms with Crippen LogP contribution in [0.5, 0.6) is 0 Å². The van der Waals surface area contributed by atoms with E-state index in [0.29, 0.717) is 16.5 Å². The first-order valence-corrected chi connectivity index (χ1v) is 6.90. The summed E-state index contributed by atoms with van der Waals surface area (Å²) in [5.74, 6) is 0.626. The van der Waals surface area contributed by atoms with E-state index in [2.05, 4.69) is 9.88 Å². The Morgan fingerprint density at radius 2 is 2.19 bits per heavy atom. The summed E-state index contributed by atoms with van der Waals surface area (Å²) in [6.45, 7) is 3.15. The molecule has 2 rings (SSSR count). The Bertz CT molecular complexity index is 377. The van der Waals surface area contributed by atoms with Crippen LogP contribution < -0.4 is 5.73 Å². The van der Waals surface area contributed by atoms with E-state index in [1.165, 1.54) is 12.8 Å². The molecule has 1 unspecified atom stereocenters. The van der Waals surface area contributed by atoms with E-state index >= 15 is 0 Å². The SMILES string of the molecule is Nc1cccnc1S(=O)CCN1CCCC1. The van der Waals surface area contributed by atoms with Crippen LogP contribution >= 0.6 is 0 Å². The van der Waals surface area contributed by atoms with Crippen molar-refractivity contribution in [2.45, 2.75) is 17.9 Å². The molecule has 0 spiro atoms. The number of likely N-dealkylation sites (tertiary alicyclic amines) is 1. The van der Waals surface area contributed by atoms with Crippen molar-refractivity contribution in [3.05, 3.63) is 18.3 Å². The fourth-order valence-corrected chi connectivity index (χ4v) is 3.04. The summed E-state index contributed by atoms with van der Waals surface area (Å²) >= 11 is 0. The van der Waals surface area contributed by atoms with E-state index in [-0.39, 0.29) is 0 Å². The van der Waals surface area contributed by atoms with Gasteiger partial charge in [0.1, 0.15) is 5.03 Å². The summed E-state index contributed by atoms with van der Waals surface area (Å²) in [6, 6.07) is 3.51. The smallest absolute Gasteiger partial charge is 0.150 e. The van der Waals surface area contributed by atoms with Crippen LogP contribution in [0.4, 0.5) is 5.69 Å². The van der Waals surface area contributed by atoms with Gasteiger partial charge in [-0.05, 0) is 38.1 Å². The predicted molar refractivity (Wildman–Crippen MR) is 65.6 cm³/mol. The van der Waals surface area contributed by atoms with Gasteiger partial charge in [0.15, 0.2) is 0 Å². The highest BCUT2D eigenvalue weighted by Crippen LogP contribution is 2.13. The van der Waals surface area contributed by atoms with Gasteiger partial charge in [0.25, 0.3) is 0 Å². The predicted octanol–water partition coefficient (Wildman–Crippen LogP) is 0.867. The van der Waals surface area contributed by atoms with Gasteiger partial charge in [-0.25, -0.2) is 4.98 Å². The normalized spacial score (nSPS) is 18.8. The number of nitrogens with two attached hydrogens (primary N) is 1. The monoisotopic (exact) mass is 239 g/mol. The number of aromatic nitrogens is 1. The van der Waals surface area contributed by atoms with E-state index in [1.54, 1.807) is 18.3 Å². The molecule has 0 aromatic carbocycles. The molecular weight excluding hydrogens is 222 g/mol. The molecule has 0 aliphatic carbocycles. The van der Waals surface area contributed by atoms with E-state index in [1.807, 2.05) is 0 Å². The van der Waals surface area contributed by atoms with Crippen molar-refractivity contribution in [3.63, 3.8) is 0 Å². The van der Waals surface area contributed by atoms with Crippen molar-refractivity contribution in [1.29, 1.82) is 0 Å². The third-order valence-electron chi connectivity index (χ3n) is 2.81. The molecule has 0 radical (unpaired) electrons. The first-order chi connectivity index (χ1) is 7.77. The van der Waals surface area contributed by atoms with Crippen LogP contribution in [0.1, 0.15) is 12.8 Å². The molecular formula is C11H17N3OS.